The molecule has 6 atom stereocenters. The van der Waals surface area contributed by atoms with Crippen molar-refractivity contribution >= 4 is 17.1 Å². The zero-order valence-corrected chi connectivity index (χ0v) is 13.8. The number of aliphatic hydroxyl groups is 4. The number of nitrogens with two attached hydrogens (primary N) is 1. The van der Waals surface area contributed by atoms with Crippen LogP contribution in [0.4, 0.5) is 5.95 Å². The Kier molecular flexibility index (Phi) is 4.51. The van der Waals surface area contributed by atoms with Gasteiger partial charge in [0.25, 0.3) is 11.5 Å². The lowest BCUT2D eigenvalue weighted by atomic mass is 10.1. The van der Waals surface area contributed by atoms with Crippen molar-refractivity contribution in [3.8, 4) is 0 Å². The molecule has 1 fully saturated rings. The number of aliphatic hydroxyl groups excluding tert-OH is 4. The third kappa shape index (κ3) is 2.79. The molecule has 2 aromatic rings. The number of rotatable bonds is 4. The highest BCUT2D eigenvalue weighted by molar-refractivity contribution is 5.67. The standard InChI is InChI=1S/C14H21N5O6/c1-5(6(2)21)18-4-19(11-8(18)12(24)17-14(15)16-11)13-10(23)9(22)7(3-20)25-13/h4-7,9-10,13,20-23H,3H2,1-2H3,(H2-,15,16,17,24)/p+1/t5?,6?,7-,9-,10-,13?/m0/s1. The van der Waals surface area contributed by atoms with Gasteiger partial charge in [-0.2, -0.15) is 0 Å². The van der Waals surface area contributed by atoms with E-state index >= 15 is 0 Å². The molecular formula is C14H22N5O6+. The van der Waals surface area contributed by atoms with Crippen LogP contribution in [0, 0.1) is 0 Å². The number of nitrogens with zero attached hydrogens (tertiary/aromatic N) is 3. The first kappa shape index (κ1) is 17.8. The second-order valence-corrected chi connectivity index (χ2v) is 6.26. The van der Waals surface area contributed by atoms with E-state index in [1.165, 1.54) is 15.5 Å². The second kappa shape index (κ2) is 6.35. The third-order valence-corrected chi connectivity index (χ3v) is 4.57. The van der Waals surface area contributed by atoms with Crippen LogP contribution in [0.25, 0.3) is 11.2 Å². The molecule has 138 valence electrons. The Labute approximate surface area is 141 Å². The molecule has 3 unspecified atom stereocenters. The van der Waals surface area contributed by atoms with Crippen LogP contribution < -0.4 is 15.9 Å². The molecule has 3 rings (SSSR count). The number of hydrogen-bond acceptors (Lipinski definition) is 8. The molecule has 0 bridgehead atoms. The van der Waals surface area contributed by atoms with Crippen molar-refractivity contribution in [2.45, 2.75) is 50.5 Å². The number of anilines is 1. The molecule has 0 radical (unpaired) electrons. The number of H-pyrrole nitrogens is 1. The Morgan fingerprint density at radius 1 is 1.44 bits per heavy atom. The maximum atomic E-state index is 12.4. The molecule has 1 saturated heterocycles. The van der Waals surface area contributed by atoms with Gasteiger partial charge in [0.05, 0.1) is 12.7 Å². The molecule has 7 N–H and O–H groups in total. The molecule has 11 heteroatoms. The van der Waals surface area contributed by atoms with E-state index in [0.717, 1.165) is 0 Å². The number of fused-ring (bicyclic) bond motifs is 1. The van der Waals surface area contributed by atoms with Crippen LogP contribution in [0.1, 0.15) is 26.1 Å². The van der Waals surface area contributed by atoms with Gasteiger partial charge in [-0.3, -0.25) is 14.3 Å². The highest BCUT2D eigenvalue weighted by atomic mass is 16.6. The van der Waals surface area contributed by atoms with E-state index in [0.29, 0.717) is 0 Å². The van der Waals surface area contributed by atoms with Gasteiger partial charge in [-0.1, -0.05) is 4.98 Å². The van der Waals surface area contributed by atoms with E-state index in [4.69, 9.17) is 10.5 Å². The molecule has 2 aromatic heterocycles. The molecule has 1 aliphatic heterocycles. The maximum absolute atomic E-state index is 12.4. The Morgan fingerprint density at radius 3 is 2.68 bits per heavy atom. The van der Waals surface area contributed by atoms with Crippen LogP contribution >= 0.6 is 0 Å². The number of aromatic nitrogens is 4. The molecule has 0 aromatic carbocycles. The summed E-state index contributed by atoms with van der Waals surface area (Å²) in [5, 5.41) is 39.4. The number of hydrogen-bond donors (Lipinski definition) is 6. The Morgan fingerprint density at radius 2 is 2.12 bits per heavy atom. The minimum Gasteiger partial charge on any atom is -0.394 e. The van der Waals surface area contributed by atoms with Crippen molar-refractivity contribution < 1.29 is 29.7 Å². The van der Waals surface area contributed by atoms with E-state index in [2.05, 4.69) is 9.97 Å². The molecular weight excluding hydrogens is 334 g/mol. The summed E-state index contributed by atoms with van der Waals surface area (Å²) in [5.41, 5.74) is 5.38. The molecule has 0 aliphatic carbocycles. The quantitative estimate of drug-likeness (QED) is 0.318. The molecule has 3 heterocycles. The summed E-state index contributed by atoms with van der Waals surface area (Å²) in [6.45, 7) is 2.81. The largest absolute Gasteiger partial charge is 0.394 e. The summed E-state index contributed by atoms with van der Waals surface area (Å²) in [7, 11) is 0. The molecule has 11 nitrogen and oxygen atoms in total. The highest BCUT2D eigenvalue weighted by Crippen LogP contribution is 2.27. The van der Waals surface area contributed by atoms with E-state index in [9.17, 15) is 25.2 Å². The van der Waals surface area contributed by atoms with Gasteiger partial charge in [0.15, 0.2) is 6.33 Å². The summed E-state index contributed by atoms with van der Waals surface area (Å²) in [4.78, 5) is 18.9. The van der Waals surface area contributed by atoms with Crippen LogP contribution in [0.3, 0.4) is 0 Å². The van der Waals surface area contributed by atoms with Crippen molar-refractivity contribution in [1.29, 1.82) is 0 Å². The molecule has 0 spiro atoms. The van der Waals surface area contributed by atoms with Crippen LogP contribution in [0.15, 0.2) is 11.1 Å². The average molecular weight is 356 g/mol. The second-order valence-electron chi connectivity index (χ2n) is 6.26. The number of aromatic amines is 1. The first-order valence-corrected chi connectivity index (χ1v) is 7.88. The van der Waals surface area contributed by atoms with E-state index in [1.807, 2.05) is 0 Å². The van der Waals surface area contributed by atoms with Crippen LogP contribution in [-0.2, 0) is 4.74 Å². The fraction of sp³-hybridized carbons (Fsp3) is 0.643. The summed E-state index contributed by atoms with van der Waals surface area (Å²) in [6, 6.07) is -0.479. The van der Waals surface area contributed by atoms with Crippen LogP contribution in [0.5, 0.6) is 0 Å². The van der Waals surface area contributed by atoms with Crippen LogP contribution in [0.2, 0.25) is 0 Å². The smallest absolute Gasteiger partial charge is 0.313 e. The third-order valence-electron chi connectivity index (χ3n) is 4.57. The van der Waals surface area contributed by atoms with Gasteiger partial charge in [0.2, 0.25) is 11.7 Å². The SMILES string of the molecule is CC(O)C(C)n1c[n+](C2O[C@@H](CO)[C@H](O)[C@@H]2O)c2nc(N)[nH]c(=O)c21. The predicted molar refractivity (Wildman–Crippen MR) is 84.4 cm³/mol. The lowest BCUT2D eigenvalue weighted by molar-refractivity contribution is -0.746. The number of nitrogen functional groups attached to an aromatic ring is 1. The number of ether oxygens (including phenoxy) is 1. The van der Waals surface area contributed by atoms with E-state index < -0.39 is 48.9 Å². The molecule has 0 amide bonds. The number of imidazole rings is 1. The van der Waals surface area contributed by atoms with Gasteiger partial charge in [-0.25, -0.2) is 4.57 Å². The number of nitrogens with one attached hydrogen (secondary N) is 1. The lowest BCUT2D eigenvalue weighted by Crippen LogP contribution is -2.46. The first-order chi connectivity index (χ1) is 11.8. The van der Waals surface area contributed by atoms with Crippen molar-refractivity contribution in [3.05, 3.63) is 16.7 Å². The Bertz CT molecular complexity index is 833. The summed E-state index contributed by atoms with van der Waals surface area (Å²) in [5.74, 6) is -0.125. The average Bonchev–Trinajstić information content (AvgIpc) is 3.05. The van der Waals surface area contributed by atoms with Crippen molar-refractivity contribution in [2.24, 2.45) is 0 Å². The zero-order valence-electron chi connectivity index (χ0n) is 13.8. The monoisotopic (exact) mass is 356 g/mol. The summed E-state index contributed by atoms with van der Waals surface area (Å²) < 4.78 is 8.37. The Hall–Kier alpha value is -2.05. The fourth-order valence-corrected chi connectivity index (χ4v) is 2.97. The molecule has 25 heavy (non-hydrogen) atoms. The predicted octanol–water partition coefficient (Wildman–Crippen LogP) is -2.85. The van der Waals surface area contributed by atoms with E-state index in [-0.39, 0.29) is 17.1 Å². The van der Waals surface area contributed by atoms with E-state index in [1.54, 1.807) is 13.8 Å². The van der Waals surface area contributed by atoms with Gasteiger partial charge in [0, 0.05) is 0 Å². The Balaban J connectivity index is 2.21. The van der Waals surface area contributed by atoms with Gasteiger partial charge in [-0.15, -0.1) is 0 Å². The lowest BCUT2D eigenvalue weighted by Gasteiger charge is -2.14. The molecule has 1 aliphatic rings. The van der Waals surface area contributed by atoms with Gasteiger partial charge >= 0.3 is 5.65 Å². The fourth-order valence-electron chi connectivity index (χ4n) is 2.97. The zero-order chi connectivity index (χ0) is 18.5. The van der Waals surface area contributed by atoms with Gasteiger partial charge in [-0.05, 0) is 13.8 Å². The minimum atomic E-state index is -1.34. The topological polar surface area (TPSA) is 171 Å². The minimum absolute atomic E-state index is 0.125. The maximum Gasteiger partial charge on any atom is 0.313 e. The highest BCUT2D eigenvalue weighted by Gasteiger charge is 2.47. The summed E-state index contributed by atoms with van der Waals surface area (Å²) >= 11 is 0. The van der Waals surface area contributed by atoms with Crippen molar-refractivity contribution in [2.75, 3.05) is 12.3 Å². The van der Waals surface area contributed by atoms with Crippen LogP contribution in [-0.4, -0.2) is 66.0 Å². The van der Waals surface area contributed by atoms with Gasteiger partial charge < -0.3 is 30.9 Å². The van der Waals surface area contributed by atoms with Crippen molar-refractivity contribution in [3.63, 3.8) is 0 Å². The normalized spacial score (nSPS) is 29.2. The van der Waals surface area contributed by atoms with Gasteiger partial charge in [0.1, 0.15) is 24.4 Å². The summed E-state index contributed by atoms with van der Waals surface area (Å²) in [6.07, 6.45) is -4.00. The molecule has 0 saturated carbocycles. The van der Waals surface area contributed by atoms with Crippen molar-refractivity contribution in [1.82, 2.24) is 14.5 Å². The first-order valence-electron chi connectivity index (χ1n) is 7.88.